The van der Waals surface area contributed by atoms with E-state index in [9.17, 15) is 4.79 Å². The lowest BCUT2D eigenvalue weighted by molar-refractivity contribution is 0.0149. The van der Waals surface area contributed by atoms with Gasteiger partial charge in [0.25, 0.3) is 0 Å². The molecular formula is C12H14O2. The van der Waals surface area contributed by atoms with E-state index in [1.807, 2.05) is 24.3 Å². The van der Waals surface area contributed by atoms with Crippen molar-refractivity contribution in [1.29, 1.82) is 0 Å². The summed E-state index contributed by atoms with van der Waals surface area (Å²) in [5.74, 6) is 0. The zero-order valence-corrected chi connectivity index (χ0v) is 8.11. The van der Waals surface area contributed by atoms with Gasteiger partial charge in [-0.1, -0.05) is 18.2 Å². The zero-order valence-electron chi connectivity index (χ0n) is 8.11. The van der Waals surface area contributed by atoms with E-state index in [1.165, 1.54) is 6.42 Å². The summed E-state index contributed by atoms with van der Waals surface area (Å²) >= 11 is 0. The summed E-state index contributed by atoms with van der Waals surface area (Å²) in [5, 5.41) is 0. The van der Waals surface area contributed by atoms with Crippen LogP contribution < -0.4 is 0 Å². The average molecular weight is 190 g/mol. The van der Waals surface area contributed by atoms with Gasteiger partial charge in [-0.2, -0.15) is 0 Å². The van der Waals surface area contributed by atoms with Crippen molar-refractivity contribution in [3.8, 4) is 0 Å². The predicted molar refractivity (Wildman–Crippen MR) is 54.4 cm³/mol. The summed E-state index contributed by atoms with van der Waals surface area (Å²) in [6.07, 6.45) is 4.53. The van der Waals surface area contributed by atoms with E-state index in [2.05, 4.69) is 0 Å². The number of hydrogen-bond acceptors (Lipinski definition) is 2. The summed E-state index contributed by atoms with van der Waals surface area (Å²) in [5.41, 5.74) is 1.87. The largest absolute Gasteiger partial charge is 0.374 e. The van der Waals surface area contributed by atoms with Crippen LogP contribution in [-0.2, 0) is 4.74 Å². The van der Waals surface area contributed by atoms with Gasteiger partial charge in [-0.15, -0.1) is 0 Å². The molecule has 14 heavy (non-hydrogen) atoms. The second-order valence-corrected chi connectivity index (χ2v) is 3.64. The van der Waals surface area contributed by atoms with Gasteiger partial charge in [0, 0.05) is 12.2 Å². The zero-order chi connectivity index (χ0) is 9.80. The maximum Gasteiger partial charge on any atom is 0.150 e. The minimum atomic E-state index is 0.198. The van der Waals surface area contributed by atoms with Crippen LogP contribution in [0.15, 0.2) is 24.3 Å². The second kappa shape index (κ2) is 4.38. The molecule has 74 valence electrons. The van der Waals surface area contributed by atoms with Gasteiger partial charge >= 0.3 is 0 Å². The van der Waals surface area contributed by atoms with Gasteiger partial charge in [0.05, 0.1) is 6.10 Å². The van der Waals surface area contributed by atoms with Gasteiger partial charge in [0.1, 0.15) is 6.29 Å². The van der Waals surface area contributed by atoms with Crippen molar-refractivity contribution in [3.63, 3.8) is 0 Å². The van der Waals surface area contributed by atoms with Crippen LogP contribution in [-0.4, -0.2) is 12.9 Å². The molecule has 2 heteroatoms. The number of ether oxygens (including phenoxy) is 1. The highest BCUT2D eigenvalue weighted by molar-refractivity contribution is 5.74. The minimum Gasteiger partial charge on any atom is -0.374 e. The second-order valence-electron chi connectivity index (χ2n) is 3.64. The molecule has 1 aliphatic rings. The molecule has 0 radical (unpaired) electrons. The minimum absolute atomic E-state index is 0.198. The number of carbonyl (C=O) groups excluding carboxylic acids is 1. The number of aldehydes is 1. The van der Waals surface area contributed by atoms with E-state index >= 15 is 0 Å². The molecule has 1 fully saturated rings. The third kappa shape index (κ3) is 2.02. The molecule has 0 bridgehead atoms. The Morgan fingerprint density at radius 2 is 2.29 bits per heavy atom. The summed E-state index contributed by atoms with van der Waals surface area (Å²) < 4.78 is 5.65. The molecule has 0 saturated carbocycles. The number of carbonyl (C=O) groups is 1. The summed E-state index contributed by atoms with van der Waals surface area (Å²) in [6.45, 7) is 0.843. The summed E-state index contributed by atoms with van der Waals surface area (Å²) in [7, 11) is 0. The van der Waals surface area contributed by atoms with Gasteiger partial charge in [0.2, 0.25) is 0 Å². The van der Waals surface area contributed by atoms with Crippen molar-refractivity contribution in [3.05, 3.63) is 35.4 Å². The average Bonchev–Trinajstić information content (AvgIpc) is 2.30. The quantitative estimate of drug-likeness (QED) is 0.670. The van der Waals surface area contributed by atoms with Crippen molar-refractivity contribution >= 4 is 6.29 Å². The highest BCUT2D eigenvalue weighted by Crippen LogP contribution is 2.27. The van der Waals surface area contributed by atoms with Crippen molar-refractivity contribution in [2.45, 2.75) is 25.4 Å². The van der Waals surface area contributed by atoms with Crippen molar-refractivity contribution in [2.24, 2.45) is 0 Å². The smallest absolute Gasteiger partial charge is 0.150 e. The van der Waals surface area contributed by atoms with Crippen LogP contribution in [0.4, 0.5) is 0 Å². The van der Waals surface area contributed by atoms with Gasteiger partial charge < -0.3 is 4.74 Å². The molecule has 1 heterocycles. The Bertz CT molecular complexity index is 314. The van der Waals surface area contributed by atoms with Crippen molar-refractivity contribution < 1.29 is 9.53 Å². The maximum atomic E-state index is 10.6. The van der Waals surface area contributed by atoms with Crippen LogP contribution in [0.3, 0.4) is 0 Å². The molecule has 2 rings (SSSR count). The fraction of sp³-hybridized carbons (Fsp3) is 0.417. The first-order chi connectivity index (χ1) is 6.90. The molecule has 1 aromatic carbocycles. The van der Waals surface area contributed by atoms with Crippen LogP contribution in [0.2, 0.25) is 0 Å². The molecule has 1 aliphatic heterocycles. The SMILES string of the molecule is O=Cc1cccc(C2CCCCO2)c1. The van der Waals surface area contributed by atoms with Crippen LogP contribution >= 0.6 is 0 Å². The van der Waals surface area contributed by atoms with Crippen LogP contribution in [0.25, 0.3) is 0 Å². The highest BCUT2D eigenvalue weighted by atomic mass is 16.5. The molecule has 0 aliphatic carbocycles. The Kier molecular flexibility index (Phi) is 2.94. The van der Waals surface area contributed by atoms with Gasteiger partial charge in [-0.25, -0.2) is 0 Å². The van der Waals surface area contributed by atoms with E-state index in [0.717, 1.165) is 36.9 Å². The van der Waals surface area contributed by atoms with Gasteiger partial charge in [0.15, 0.2) is 0 Å². The third-order valence-electron chi connectivity index (χ3n) is 2.60. The molecule has 0 N–H and O–H groups in total. The first kappa shape index (κ1) is 9.41. The summed E-state index contributed by atoms with van der Waals surface area (Å²) in [6, 6.07) is 7.68. The van der Waals surface area contributed by atoms with Crippen LogP contribution in [0.1, 0.15) is 41.3 Å². The van der Waals surface area contributed by atoms with E-state index in [1.54, 1.807) is 0 Å². The third-order valence-corrected chi connectivity index (χ3v) is 2.60. The topological polar surface area (TPSA) is 26.3 Å². The molecule has 1 saturated heterocycles. The van der Waals surface area contributed by atoms with Gasteiger partial charge in [-0.05, 0) is 30.9 Å². The molecule has 0 aromatic heterocycles. The molecule has 0 spiro atoms. The fourth-order valence-corrected chi connectivity index (χ4v) is 1.84. The Hall–Kier alpha value is -1.15. The van der Waals surface area contributed by atoms with Crippen LogP contribution in [0.5, 0.6) is 0 Å². The molecule has 1 atom stereocenters. The lowest BCUT2D eigenvalue weighted by Gasteiger charge is -2.22. The lowest BCUT2D eigenvalue weighted by atomic mass is 10.00. The van der Waals surface area contributed by atoms with E-state index in [-0.39, 0.29) is 6.10 Å². The van der Waals surface area contributed by atoms with Crippen molar-refractivity contribution in [2.75, 3.05) is 6.61 Å². The predicted octanol–water partition coefficient (Wildman–Crippen LogP) is 2.74. The first-order valence-electron chi connectivity index (χ1n) is 5.07. The number of benzene rings is 1. The van der Waals surface area contributed by atoms with Gasteiger partial charge in [-0.3, -0.25) is 4.79 Å². The molecular weight excluding hydrogens is 176 g/mol. The lowest BCUT2D eigenvalue weighted by Crippen LogP contribution is -2.11. The van der Waals surface area contributed by atoms with Crippen LogP contribution in [0, 0.1) is 0 Å². The molecule has 0 amide bonds. The highest BCUT2D eigenvalue weighted by Gasteiger charge is 2.15. The first-order valence-corrected chi connectivity index (χ1v) is 5.07. The molecule has 1 unspecified atom stereocenters. The Morgan fingerprint density at radius 1 is 1.36 bits per heavy atom. The maximum absolute atomic E-state index is 10.6. The fourth-order valence-electron chi connectivity index (χ4n) is 1.84. The normalized spacial score (nSPS) is 21.9. The Labute approximate surface area is 83.9 Å². The van der Waals surface area contributed by atoms with E-state index in [4.69, 9.17) is 4.74 Å². The summed E-state index contributed by atoms with van der Waals surface area (Å²) in [4.78, 5) is 10.6. The number of hydrogen-bond donors (Lipinski definition) is 0. The molecule has 1 aromatic rings. The van der Waals surface area contributed by atoms with E-state index < -0.39 is 0 Å². The molecule has 2 nitrogen and oxygen atoms in total. The standard InChI is InChI=1S/C12H14O2/c13-9-10-4-3-5-11(8-10)12-6-1-2-7-14-12/h3-5,8-9,12H,1-2,6-7H2. The van der Waals surface area contributed by atoms with Crippen molar-refractivity contribution in [1.82, 2.24) is 0 Å². The van der Waals surface area contributed by atoms with E-state index in [0.29, 0.717) is 0 Å². The monoisotopic (exact) mass is 190 g/mol. The Balaban J connectivity index is 2.17. The number of rotatable bonds is 2. The Morgan fingerprint density at radius 3 is 3.00 bits per heavy atom.